The minimum absolute atomic E-state index is 0. The maximum Gasteiger partial charge on any atom is 0.174 e. The molecule has 3 fully saturated rings. The number of piperidine rings is 1. The highest BCUT2D eigenvalue weighted by atomic mass is 35.5. The maximum atomic E-state index is 12.7. The summed E-state index contributed by atoms with van der Waals surface area (Å²) in [5.41, 5.74) is 0.454. The number of carbonyl (C=O) groups excluding carboxylic acids is 1. The molecule has 5 nitrogen and oxygen atoms in total. The van der Waals surface area contributed by atoms with Crippen molar-refractivity contribution in [2.24, 2.45) is 5.92 Å². The molecular weight excluding hydrogens is 354 g/mol. The molecule has 6 rings (SSSR count). The van der Waals surface area contributed by atoms with Gasteiger partial charge < -0.3 is 14.9 Å². The normalized spacial score (nSPS) is 39.8. The quantitative estimate of drug-likeness (QED) is 0.824. The lowest BCUT2D eigenvalue weighted by atomic mass is 9.49. The molecule has 1 aromatic rings. The van der Waals surface area contributed by atoms with E-state index < -0.39 is 17.1 Å². The highest BCUT2D eigenvalue weighted by Gasteiger charge is 2.73. The van der Waals surface area contributed by atoms with Gasteiger partial charge in [-0.1, -0.05) is 6.07 Å². The molecule has 1 aromatic carbocycles. The number of halogens is 1. The number of aliphatic hydroxyl groups is 1. The molecule has 1 spiro atoms. The smallest absolute Gasteiger partial charge is 0.174 e. The minimum atomic E-state index is -0.940. The van der Waals surface area contributed by atoms with E-state index in [0.29, 0.717) is 18.6 Å². The first-order valence-corrected chi connectivity index (χ1v) is 9.56. The van der Waals surface area contributed by atoms with Crippen molar-refractivity contribution in [2.45, 2.75) is 61.7 Å². The zero-order chi connectivity index (χ0) is 17.0. The molecule has 140 valence electrons. The molecular formula is C20H24ClNO4. The van der Waals surface area contributed by atoms with Gasteiger partial charge in [0.25, 0.3) is 0 Å². The summed E-state index contributed by atoms with van der Waals surface area (Å²) in [6.07, 6.45) is 4.33. The number of phenolic OH excluding ortho intramolecular Hbond substituents is 1. The lowest BCUT2D eigenvalue weighted by Gasteiger charge is -2.62. The standard InChI is InChI=1S/C20H23NO4.ClH/c22-13-4-3-12-9-15-20(24)6-5-14(23)18-19(20,16(12)17(13)25-18)7-8-21(15)10-11-1-2-11;/h3-4,11,15,18,22,24H,1-2,5-10H2;1H/t15-,18+,19?,20-;/m1./s1. The van der Waals surface area contributed by atoms with Gasteiger partial charge in [0, 0.05) is 24.6 Å². The van der Waals surface area contributed by atoms with E-state index >= 15 is 0 Å². The van der Waals surface area contributed by atoms with Crippen molar-refractivity contribution in [1.29, 1.82) is 0 Å². The van der Waals surface area contributed by atoms with Crippen LogP contribution in [0.3, 0.4) is 0 Å². The van der Waals surface area contributed by atoms with Crippen molar-refractivity contribution in [3.05, 3.63) is 23.3 Å². The van der Waals surface area contributed by atoms with Crippen LogP contribution in [0.15, 0.2) is 12.1 Å². The third-order valence-electron chi connectivity index (χ3n) is 7.56. The molecule has 2 aliphatic heterocycles. The average Bonchev–Trinajstić information content (AvgIpc) is 3.32. The van der Waals surface area contributed by atoms with Crippen LogP contribution in [0.1, 0.15) is 43.2 Å². The highest BCUT2D eigenvalue weighted by molar-refractivity contribution is 5.90. The molecule has 4 atom stereocenters. The molecule has 0 aromatic heterocycles. The van der Waals surface area contributed by atoms with Gasteiger partial charge in [-0.3, -0.25) is 9.69 Å². The number of nitrogens with zero attached hydrogens (tertiary/aromatic N) is 1. The van der Waals surface area contributed by atoms with Gasteiger partial charge in [0.2, 0.25) is 0 Å². The fraction of sp³-hybridized carbons (Fsp3) is 0.650. The van der Waals surface area contributed by atoms with E-state index in [1.807, 2.05) is 6.07 Å². The molecule has 2 heterocycles. The molecule has 1 unspecified atom stereocenters. The molecule has 0 radical (unpaired) electrons. The summed E-state index contributed by atoms with van der Waals surface area (Å²) in [5, 5.41) is 22.3. The summed E-state index contributed by atoms with van der Waals surface area (Å²) >= 11 is 0. The van der Waals surface area contributed by atoms with E-state index in [0.717, 1.165) is 43.0 Å². The number of ketones is 1. The van der Waals surface area contributed by atoms with E-state index in [4.69, 9.17) is 4.74 Å². The van der Waals surface area contributed by atoms with Crippen molar-refractivity contribution in [3.8, 4) is 11.5 Å². The van der Waals surface area contributed by atoms with Crippen LogP contribution in [0.5, 0.6) is 11.5 Å². The second kappa shape index (κ2) is 5.15. The molecule has 2 N–H and O–H groups in total. The van der Waals surface area contributed by atoms with Crippen LogP contribution in [0.25, 0.3) is 0 Å². The molecule has 26 heavy (non-hydrogen) atoms. The van der Waals surface area contributed by atoms with E-state index in [9.17, 15) is 15.0 Å². The molecule has 1 saturated heterocycles. The number of aromatic hydroxyl groups is 1. The van der Waals surface area contributed by atoms with E-state index in [1.165, 1.54) is 12.8 Å². The number of rotatable bonds is 2. The van der Waals surface area contributed by atoms with E-state index in [-0.39, 0.29) is 30.0 Å². The molecule has 0 amide bonds. The second-order valence-corrected chi connectivity index (χ2v) is 8.72. The van der Waals surface area contributed by atoms with Gasteiger partial charge >= 0.3 is 0 Å². The van der Waals surface area contributed by atoms with Gasteiger partial charge in [0.1, 0.15) is 0 Å². The number of benzene rings is 1. The largest absolute Gasteiger partial charge is 0.504 e. The Morgan fingerprint density at radius 3 is 2.85 bits per heavy atom. The zero-order valence-electron chi connectivity index (χ0n) is 14.6. The van der Waals surface area contributed by atoms with Gasteiger partial charge in [0.15, 0.2) is 23.4 Å². The van der Waals surface area contributed by atoms with Crippen molar-refractivity contribution in [2.75, 3.05) is 13.1 Å². The Morgan fingerprint density at radius 1 is 1.27 bits per heavy atom. The molecule has 3 aliphatic carbocycles. The van der Waals surface area contributed by atoms with Crippen LogP contribution >= 0.6 is 12.4 Å². The topological polar surface area (TPSA) is 70.0 Å². The number of hydrogen-bond acceptors (Lipinski definition) is 5. The Kier molecular flexibility index (Phi) is 3.34. The molecule has 2 bridgehead atoms. The zero-order valence-corrected chi connectivity index (χ0v) is 15.4. The highest BCUT2D eigenvalue weighted by Crippen LogP contribution is 2.64. The Labute approximate surface area is 158 Å². The first-order chi connectivity index (χ1) is 12.0. The summed E-state index contributed by atoms with van der Waals surface area (Å²) in [6, 6.07) is 3.69. The number of ether oxygens (including phenoxy) is 1. The fourth-order valence-corrected chi connectivity index (χ4v) is 6.26. The number of likely N-dealkylation sites (tertiary alicyclic amines) is 1. The predicted molar refractivity (Wildman–Crippen MR) is 97.0 cm³/mol. The van der Waals surface area contributed by atoms with Gasteiger partial charge in [-0.15, -0.1) is 12.4 Å². The van der Waals surface area contributed by atoms with Crippen LogP contribution in [0, 0.1) is 5.92 Å². The van der Waals surface area contributed by atoms with E-state index in [2.05, 4.69) is 4.90 Å². The van der Waals surface area contributed by atoms with Crippen LogP contribution in [-0.2, 0) is 16.6 Å². The monoisotopic (exact) mass is 377 g/mol. The third kappa shape index (κ3) is 1.77. The Morgan fingerprint density at radius 2 is 2.08 bits per heavy atom. The summed E-state index contributed by atoms with van der Waals surface area (Å²) in [5.74, 6) is 1.39. The molecule has 2 saturated carbocycles. The van der Waals surface area contributed by atoms with Crippen molar-refractivity contribution in [3.63, 3.8) is 0 Å². The Bertz CT molecular complexity index is 809. The number of Topliss-reactive ketones (excluding diaryl/α,β-unsaturated/α-hetero) is 1. The Balaban J connectivity index is 0.00000150. The summed E-state index contributed by atoms with van der Waals surface area (Å²) in [6.45, 7) is 1.95. The van der Waals surface area contributed by atoms with Crippen LogP contribution in [-0.4, -0.2) is 51.7 Å². The minimum Gasteiger partial charge on any atom is -0.504 e. The predicted octanol–water partition coefficient (Wildman–Crippen LogP) is 1.95. The lowest BCUT2D eigenvalue weighted by molar-refractivity contribution is -0.188. The number of phenols is 1. The van der Waals surface area contributed by atoms with Gasteiger partial charge in [-0.25, -0.2) is 0 Å². The average molecular weight is 378 g/mol. The second-order valence-electron chi connectivity index (χ2n) is 8.72. The first kappa shape index (κ1) is 16.8. The summed E-state index contributed by atoms with van der Waals surface area (Å²) in [7, 11) is 0. The number of carbonyl (C=O) groups is 1. The molecule has 5 aliphatic rings. The Hall–Kier alpha value is -1.30. The van der Waals surface area contributed by atoms with E-state index in [1.54, 1.807) is 6.07 Å². The van der Waals surface area contributed by atoms with Gasteiger partial charge in [-0.05, 0) is 56.2 Å². The molecule has 6 heteroatoms. The van der Waals surface area contributed by atoms with Crippen LogP contribution in [0.4, 0.5) is 0 Å². The van der Waals surface area contributed by atoms with Gasteiger partial charge in [-0.2, -0.15) is 0 Å². The summed E-state index contributed by atoms with van der Waals surface area (Å²) < 4.78 is 6.04. The van der Waals surface area contributed by atoms with Crippen LogP contribution < -0.4 is 4.74 Å². The summed E-state index contributed by atoms with van der Waals surface area (Å²) in [4.78, 5) is 15.2. The third-order valence-corrected chi connectivity index (χ3v) is 7.56. The van der Waals surface area contributed by atoms with Crippen LogP contribution in [0.2, 0.25) is 0 Å². The van der Waals surface area contributed by atoms with Gasteiger partial charge in [0.05, 0.1) is 11.0 Å². The van der Waals surface area contributed by atoms with Crippen molar-refractivity contribution in [1.82, 2.24) is 4.90 Å². The van der Waals surface area contributed by atoms with Crippen molar-refractivity contribution < 1.29 is 19.7 Å². The maximum absolute atomic E-state index is 12.7. The first-order valence-electron chi connectivity index (χ1n) is 9.56. The SMILES string of the molecule is Cl.O=C1CC[C@@]2(O)[C@H]3Cc4ccc(O)c5c4C2(CCN3CC2CC2)[C@H]1O5. The van der Waals surface area contributed by atoms with Crippen molar-refractivity contribution >= 4 is 18.2 Å². The lowest BCUT2D eigenvalue weighted by Crippen LogP contribution is -2.76. The fourth-order valence-electron chi connectivity index (χ4n) is 6.26. The number of hydrogen-bond donors (Lipinski definition) is 2.